The minimum absolute atomic E-state index is 0.0320. The first-order valence-electron chi connectivity index (χ1n) is 19.3. The molecule has 10 rings (SSSR count). The first-order chi connectivity index (χ1) is 27.0. The van der Waals surface area contributed by atoms with Gasteiger partial charge >= 0.3 is 0 Å². The maximum atomic E-state index is 9.21. The molecular formula is C48H34N2Si. The van der Waals surface area contributed by atoms with E-state index in [9.17, 15) is 1.37 Å². The summed E-state index contributed by atoms with van der Waals surface area (Å²) >= 11 is 0. The summed E-state index contributed by atoms with van der Waals surface area (Å²) in [6.07, 6.45) is 0. The molecule has 2 aromatic heterocycles. The van der Waals surface area contributed by atoms with Gasteiger partial charge in [0.15, 0.2) is 8.07 Å². The number of aromatic nitrogens is 2. The zero-order valence-electron chi connectivity index (χ0n) is 31.7. The fraction of sp³-hybridized carbons (Fsp3) is 0. The molecule has 0 aliphatic rings. The highest BCUT2D eigenvalue weighted by atomic mass is 28.3. The second-order valence-corrected chi connectivity index (χ2v) is 16.8. The van der Waals surface area contributed by atoms with Gasteiger partial charge in [0, 0.05) is 27.2 Å². The van der Waals surface area contributed by atoms with Crippen molar-refractivity contribution in [1.82, 2.24) is 9.13 Å². The molecule has 2 heterocycles. The van der Waals surface area contributed by atoms with Crippen LogP contribution in [0.15, 0.2) is 206 Å². The fourth-order valence-corrected chi connectivity index (χ4v) is 13.1. The van der Waals surface area contributed by atoms with E-state index in [4.69, 9.17) is 4.11 Å². The van der Waals surface area contributed by atoms with Crippen molar-refractivity contribution in [3.8, 4) is 11.4 Å². The third kappa shape index (κ3) is 4.42. The van der Waals surface area contributed by atoms with Crippen molar-refractivity contribution < 1.29 is 5.48 Å². The molecule has 0 atom stereocenters. The molecule has 0 aliphatic carbocycles. The van der Waals surface area contributed by atoms with Crippen molar-refractivity contribution in [1.29, 1.82) is 0 Å². The van der Waals surface area contributed by atoms with Crippen LogP contribution in [0.5, 0.6) is 0 Å². The summed E-state index contributed by atoms with van der Waals surface area (Å²) in [6.45, 7) is 0. The number of hydrogen-bond acceptors (Lipinski definition) is 0. The highest BCUT2D eigenvalue weighted by Gasteiger charge is 2.41. The molecule has 0 amide bonds. The lowest BCUT2D eigenvalue weighted by Gasteiger charge is -2.34. The molecule has 0 unspecified atom stereocenters. The SMILES string of the molecule is [2H]c1c([2H])c([2H])c2c(c1[2H])c1ccccc1n2-c1cccc2c3ccccc3n(-c3cccc([Si](c4ccccc4)(c4ccccc4)c4ccccc4)c3)c12. The Kier molecular flexibility index (Phi) is 5.94. The normalized spacial score (nSPS) is 13.0. The quantitative estimate of drug-likeness (QED) is 0.123. The van der Waals surface area contributed by atoms with Crippen LogP contribution in [-0.2, 0) is 0 Å². The molecular weight excluding hydrogens is 633 g/mol. The Bertz CT molecular complexity index is 2990. The Hall–Kier alpha value is -6.42. The van der Waals surface area contributed by atoms with Gasteiger partial charge in [-0.3, -0.25) is 0 Å². The van der Waals surface area contributed by atoms with Gasteiger partial charge < -0.3 is 9.13 Å². The average Bonchev–Trinajstić information content (AvgIpc) is 3.78. The molecule has 10 aromatic rings. The molecule has 0 fully saturated rings. The number of fused-ring (bicyclic) bond motifs is 6. The molecule has 0 saturated carbocycles. The third-order valence-corrected chi connectivity index (χ3v) is 15.2. The number of nitrogens with zero attached hydrogens (tertiary/aromatic N) is 2. The molecule has 0 bridgehead atoms. The maximum absolute atomic E-state index is 9.21. The van der Waals surface area contributed by atoms with Gasteiger partial charge in [0.1, 0.15) is 0 Å². The van der Waals surface area contributed by atoms with E-state index < -0.39 is 8.07 Å². The standard InChI is InChI=1S/C48H34N2Si/c1-4-19-36(20-5-1)51(37-21-6-2-7-22-37,38-23-8-3-9-24-38)39-25-16-18-35(34-39)49-44-30-13-12-28-42(44)43-29-17-33-47(48(43)49)50-45-31-14-10-26-40(45)41-27-11-15-32-46(41)50/h1-34H/i10D,14D,26D,31D. The summed E-state index contributed by atoms with van der Waals surface area (Å²) in [4.78, 5) is 0. The average molecular weight is 671 g/mol. The van der Waals surface area contributed by atoms with E-state index in [1.807, 2.05) is 28.8 Å². The summed E-state index contributed by atoms with van der Waals surface area (Å²) < 4.78 is 39.9. The molecule has 3 heteroatoms. The first kappa shape index (κ1) is 25.5. The monoisotopic (exact) mass is 670 g/mol. The maximum Gasteiger partial charge on any atom is 0.179 e. The van der Waals surface area contributed by atoms with Gasteiger partial charge in [0.05, 0.1) is 33.2 Å². The van der Waals surface area contributed by atoms with Crippen LogP contribution in [0.25, 0.3) is 55.0 Å². The van der Waals surface area contributed by atoms with E-state index in [1.54, 1.807) is 0 Å². The van der Waals surface area contributed by atoms with E-state index in [0.717, 1.165) is 44.1 Å². The molecule has 240 valence electrons. The van der Waals surface area contributed by atoms with Crippen LogP contribution in [-0.4, -0.2) is 17.2 Å². The lowest BCUT2D eigenvalue weighted by Crippen LogP contribution is -2.74. The van der Waals surface area contributed by atoms with Gasteiger partial charge in [-0.2, -0.15) is 0 Å². The van der Waals surface area contributed by atoms with Crippen LogP contribution in [0.1, 0.15) is 5.48 Å². The van der Waals surface area contributed by atoms with Gasteiger partial charge in [-0.25, -0.2) is 0 Å². The molecule has 0 saturated heterocycles. The summed E-state index contributed by atoms with van der Waals surface area (Å²) in [5, 5.41) is 8.62. The number of rotatable bonds is 6. The molecule has 51 heavy (non-hydrogen) atoms. The van der Waals surface area contributed by atoms with Crippen LogP contribution in [0.3, 0.4) is 0 Å². The van der Waals surface area contributed by atoms with E-state index >= 15 is 0 Å². The van der Waals surface area contributed by atoms with Crippen molar-refractivity contribution in [3.63, 3.8) is 0 Å². The predicted molar refractivity (Wildman–Crippen MR) is 219 cm³/mol. The molecule has 0 radical (unpaired) electrons. The van der Waals surface area contributed by atoms with E-state index in [1.165, 1.54) is 20.7 Å². The van der Waals surface area contributed by atoms with Crippen molar-refractivity contribution in [2.75, 3.05) is 0 Å². The fourth-order valence-electron chi connectivity index (χ4n) is 8.31. The highest BCUT2D eigenvalue weighted by Crippen LogP contribution is 2.39. The minimum atomic E-state index is -2.85. The highest BCUT2D eigenvalue weighted by molar-refractivity contribution is 7.19. The molecule has 8 aromatic carbocycles. The smallest absolute Gasteiger partial charge is 0.179 e. The zero-order valence-corrected chi connectivity index (χ0v) is 28.7. The predicted octanol–water partition coefficient (Wildman–Crippen LogP) is 9.26. The van der Waals surface area contributed by atoms with Gasteiger partial charge in [-0.15, -0.1) is 0 Å². The van der Waals surface area contributed by atoms with Crippen LogP contribution in [0.4, 0.5) is 0 Å². The Labute approximate surface area is 303 Å². The zero-order chi connectivity index (χ0) is 37.3. The van der Waals surface area contributed by atoms with E-state index in [0.29, 0.717) is 10.9 Å². The second-order valence-electron chi connectivity index (χ2n) is 13.0. The Morgan fingerprint density at radius 1 is 0.373 bits per heavy atom. The Morgan fingerprint density at radius 2 is 0.863 bits per heavy atom. The first-order valence-corrected chi connectivity index (χ1v) is 19.3. The van der Waals surface area contributed by atoms with Crippen LogP contribution < -0.4 is 20.7 Å². The topological polar surface area (TPSA) is 9.86 Å². The lowest BCUT2D eigenvalue weighted by atomic mass is 10.1. The van der Waals surface area contributed by atoms with Crippen molar-refractivity contribution in [2.45, 2.75) is 0 Å². The third-order valence-electron chi connectivity index (χ3n) is 10.4. The summed E-state index contributed by atoms with van der Waals surface area (Å²) in [5.74, 6) is 0. The second kappa shape index (κ2) is 11.9. The van der Waals surface area contributed by atoms with Gasteiger partial charge in [0.25, 0.3) is 0 Å². The van der Waals surface area contributed by atoms with Crippen molar-refractivity contribution in [3.05, 3.63) is 206 Å². The van der Waals surface area contributed by atoms with Gasteiger partial charge in [-0.1, -0.05) is 170 Å². The Morgan fingerprint density at radius 3 is 1.51 bits per heavy atom. The van der Waals surface area contributed by atoms with Crippen LogP contribution in [0, 0.1) is 0 Å². The molecule has 2 nitrogen and oxygen atoms in total. The lowest BCUT2D eigenvalue weighted by molar-refractivity contribution is 1.13. The largest absolute Gasteiger partial charge is 0.307 e. The minimum Gasteiger partial charge on any atom is -0.307 e. The summed E-state index contributed by atoms with van der Waals surface area (Å²) in [5.41, 5.74) is 5.16. The van der Waals surface area contributed by atoms with Crippen molar-refractivity contribution >= 4 is 72.4 Å². The summed E-state index contributed by atoms with van der Waals surface area (Å²) in [6, 6.07) is 63.9. The van der Waals surface area contributed by atoms with E-state index in [2.05, 4.69) is 162 Å². The Balaban J connectivity index is 1.34. The molecule has 0 N–H and O–H groups in total. The van der Waals surface area contributed by atoms with Crippen molar-refractivity contribution in [2.24, 2.45) is 0 Å². The summed E-state index contributed by atoms with van der Waals surface area (Å²) in [7, 11) is -2.85. The van der Waals surface area contributed by atoms with E-state index in [-0.39, 0.29) is 24.2 Å². The van der Waals surface area contributed by atoms with Crippen LogP contribution in [0.2, 0.25) is 0 Å². The van der Waals surface area contributed by atoms with Crippen LogP contribution >= 0.6 is 0 Å². The molecule has 0 aliphatic heterocycles. The number of para-hydroxylation sites is 4. The number of hydrogen-bond donors (Lipinski definition) is 0. The number of benzene rings is 8. The molecule has 0 spiro atoms. The van der Waals surface area contributed by atoms with Gasteiger partial charge in [-0.05, 0) is 57.1 Å². The van der Waals surface area contributed by atoms with Gasteiger partial charge in [0.2, 0.25) is 0 Å².